The fraction of sp³-hybridized carbons (Fsp3) is 0.111. The van der Waals surface area contributed by atoms with E-state index in [0.717, 1.165) is 11.0 Å². The molecule has 0 amide bonds. The summed E-state index contributed by atoms with van der Waals surface area (Å²) in [6, 6.07) is 7.69. The number of fused-ring (bicyclic) bond motifs is 1. The van der Waals surface area contributed by atoms with Crippen molar-refractivity contribution < 1.29 is 4.74 Å². The van der Waals surface area contributed by atoms with E-state index < -0.39 is 0 Å². The minimum Gasteiger partial charge on any atom is -0.480 e. The van der Waals surface area contributed by atoms with E-state index in [0.29, 0.717) is 5.88 Å². The second-order valence-electron chi connectivity index (χ2n) is 2.40. The van der Waals surface area contributed by atoms with Gasteiger partial charge in [0.25, 0.3) is 0 Å². The van der Waals surface area contributed by atoms with Gasteiger partial charge in [-0.05, 0) is 12.1 Å². The standard InChI is InChI=1S/C9H8N2O/c1-12-9-6-10-7-4-2-3-5-8(7)11-9/h2-6H,1H3. The summed E-state index contributed by atoms with van der Waals surface area (Å²) in [6.07, 6.45) is 1.61. The van der Waals surface area contributed by atoms with E-state index in [2.05, 4.69) is 9.97 Å². The van der Waals surface area contributed by atoms with Crippen LogP contribution in [0.3, 0.4) is 0 Å². The molecule has 2 aromatic rings. The van der Waals surface area contributed by atoms with E-state index >= 15 is 0 Å². The highest BCUT2D eigenvalue weighted by molar-refractivity contribution is 5.73. The van der Waals surface area contributed by atoms with Crippen molar-refractivity contribution >= 4 is 11.0 Å². The highest BCUT2D eigenvalue weighted by Gasteiger charge is 1.96. The van der Waals surface area contributed by atoms with E-state index in [9.17, 15) is 0 Å². The minimum atomic E-state index is 0.550. The van der Waals surface area contributed by atoms with Crippen LogP contribution in [0.2, 0.25) is 0 Å². The van der Waals surface area contributed by atoms with Crippen molar-refractivity contribution in [2.24, 2.45) is 0 Å². The van der Waals surface area contributed by atoms with Gasteiger partial charge < -0.3 is 4.74 Å². The molecule has 60 valence electrons. The van der Waals surface area contributed by atoms with Crippen molar-refractivity contribution in [3.63, 3.8) is 0 Å². The van der Waals surface area contributed by atoms with E-state index in [1.54, 1.807) is 13.3 Å². The lowest BCUT2D eigenvalue weighted by molar-refractivity contribution is 0.397. The maximum Gasteiger partial charge on any atom is 0.232 e. The summed E-state index contributed by atoms with van der Waals surface area (Å²) in [6.45, 7) is 0. The Morgan fingerprint density at radius 1 is 1.17 bits per heavy atom. The van der Waals surface area contributed by atoms with Crippen LogP contribution >= 0.6 is 0 Å². The topological polar surface area (TPSA) is 35.0 Å². The zero-order valence-corrected chi connectivity index (χ0v) is 6.69. The SMILES string of the molecule is COc1cnc2ccccc2n1. The molecule has 0 saturated carbocycles. The van der Waals surface area contributed by atoms with Crippen molar-refractivity contribution in [1.29, 1.82) is 0 Å². The molecule has 3 nitrogen and oxygen atoms in total. The van der Waals surface area contributed by atoms with E-state index in [-0.39, 0.29) is 0 Å². The molecule has 1 aromatic heterocycles. The Hall–Kier alpha value is -1.64. The van der Waals surface area contributed by atoms with Crippen LogP contribution in [0.4, 0.5) is 0 Å². The van der Waals surface area contributed by atoms with Crippen molar-refractivity contribution in [2.75, 3.05) is 7.11 Å². The Morgan fingerprint density at radius 2 is 1.92 bits per heavy atom. The average Bonchev–Trinajstić information content (AvgIpc) is 2.17. The van der Waals surface area contributed by atoms with Crippen LogP contribution in [0, 0.1) is 0 Å². The number of nitrogens with zero attached hydrogens (tertiary/aromatic N) is 2. The van der Waals surface area contributed by atoms with Gasteiger partial charge in [-0.1, -0.05) is 12.1 Å². The Morgan fingerprint density at radius 3 is 2.67 bits per heavy atom. The molecule has 0 aliphatic carbocycles. The maximum absolute atomic E-state index is 4.95. The molecular weight excluding hydrogens is 152 g/mol. The van der Waals surface area contributed by atoms with E-state index in [4.69, 9.17) is 4.74 Å². The summed E-state index contributed by atoms with van der Waals surface area (Å²) >= 11 is 0. The highest BCUT2D eigenvalue weighted by Crippen LogP contribution is 2.11. The predicted molar refractivity (Wildman–Crippen MR) is 46.1 cm³/mol. The Kier molecular flexibility index (Phi) is 1.63. The normalized spacial score (nSPS) is 10.1. The van der Waals surface area contributed by atoms with Gasteiger partial charge in [-0.15, -0.1) is 0 Å². The summed E-state index contributed by atoms with van der Waals surface area (Å²) < 4.78 is 4.95. The molecule has 0 bridgehead atoms. The van der Waals surface area contributed by atoms with Gasteiger partial charge in [0, 0.05) is 0 Å². The molecular formula is C9H8N2O. The first-order chi connectivity index (χ1) is 5.90. The van der Waals surface area contributed by atoms with Crippen LogP contribution in [0.5, 0.6) is 5.88 Å². The summed E-state index contributed by atoms with van der Waals surface area (Å²) in [5, 5.41) is 0. The van der Waals surface area contributed by atoms with Gasteiger partial charge in [0.15, 0.2) is 0 Å². The van der Waals surface area contributed by atoms with Gasteiger partial charge >= 0.3 is 0 Å². The summed E-state index contributed by atoms with van der Waals surface area (Å²) in [4.78, 5) is 8.37. The monoisotopic (exact) mass is 160 g/mol. The van der Waals surface area contributed by atoms with Gasteiger partial charge in [0.05, 0.1) is 24.3 Å². The number of hydrogen-bond acceptors (Lipinski definition) is 3. The van der Waals surface area contributed by atoms with Crippen molar-refractivity contribution in [2.45, 2.75) is 0 Å². The molecule has 3 heteroatoms. The molecule has 0 aliphatic heterocycles. The number of aromatic nitrogens is 2. The third-order valence-corrected chi connectivity index (χ3v) is 1.64. The first-order valence-corrected chi connectivity index (χ1v) is 3.66. The Balaban J connectivity index is 2.67. The van der Waals surface area contributed by atoms with Crippen LogP contribution in [0.1, 0.15) is 0 Å². The van der Waals surface area contributed by atoms with Gasteiger partial charge in [-0.25, -0.2) is 9.97 Å². The molecule has 1 heterocycles. The molecule has 0 atom stereocenters. The number of methoxy groups -OCH3 is 1. The second-order valence-corrected chi connectivity index (χ2v) is 2.40. The fourth-order valence-corrected chi connectivity index (χ4v) is 1.04. The third-order valence-electron chi connectivity index (χ3n) is 1.64. The average molecular weight is 160 g/mol. The number of rotatable bonds is 1. The minimum absolute atomic E-state index is 0.550. The summed E-state index contributed by atoms with van der Waals surface area (Å²) in [5.74, 6) is 0.550. The molecule has 0 N–H and O–H groups in total. The number of para-hydroxylation sites is 2. The molecule has 12 heavy (non-hydrogen) atoms. The van der Waals surface area contributed by atoms with Gasteiger partial charge in [0.1, 0.15) is 0 Å². The van der Waals surface area contributed by atoms with Crippen LogP contribution in [0.15, 0.2) is 30.5 Å². The van der Waals surface area contributed by atoms with Crippen LogP contribution in [-0.4, -0.2) is 17.1 Å². The van der Waals surface area contributed by atoms with Crippen LogP contribution in [0.25, 0.3) is 11.0 Å². The lowest BCUT2D eigenvalue weighted by atomic mass is 10.3. The molecule has 0 fully saturated rings. The quantitative estimate of drug-likeness (QED) is 0.636. The van der Waals surface area contributed by atoms with E-state index in [1.807, 2.05) is 24.3 Å². The molecule has 1 aromatic carbocycles. The fourth-order valence-electron chi connectivity index (χ4n) is 1.04. The molecule has 0 radical (unpaired) electrons. The van der Waals surface area contributed by atoms with E-state index in [1.165, 1.54) is 0 Å². The van der Waals surface area contributed by atoms with Gasteiger partial charge in [-0.3, -0.25) is 0 Å². The molecule has 0 aliphatic rings. The van der Waals surface area contributed by atoms with Crippen molar-refractivity contribution in [1.82, 2.24) is 9.97 Å². The predicted octanol–water partition coefficient (Wildman–Crippen LogP) is 1.64. The number of hydrogen-bond donors (Lipinski definition) is 0. The zero-order chi connectivity index (χ0) is 8.39. The lowest BCUT2D eigenvalue weighted by Gasteiger charge is -1.98. The third kappa shape index (κ3) is 1.09. The van der Waals surface area contributed by atoms with Crippen molar-refractivity contribution in [3.05, 3.63) is 30.5 Å². The van der Waals surface area contributed by atoms with Crippen LogP contribution in [-0.2, 0) is 0 Å². The van der Waals surface area contributed by atoms with Crippen molar-refractivity contribution in [3.8, 4) is 5.88 Å². The smallest absolute Gasteiger partial charge is 0.232 e. The first kappa shape index (κ1) is 7.03. The summed E-state index contributed by atoms with van der Waals surface area (Å²) in [7, 11) is 1.58. The molecule has 0 saturated heterocycles. The second kappa shape index (κ2) is 2.77. The molecule has 2 rings (SSSR count). The number of benzene rings is 1. The summed E-state index contributed by atoms with van der Waals surface area (Å²) in [5.41, 5.74) is 1.75. The number of ether oxygens (including phenoxy) is 1. The largest absolute Gasteiger partial charge is 0.480 e. The maximum atomic E-state index is 4.95. The van der Waals surface area contributed by atoms with Crippen LogP contribution < -0.4 is 4.74 Å². The highest BCUT2D eigenvalue weighted by atomic mass is 16.5. The molecule has 0 spiro atoms. The zero-order valence-electron chi connectivity index (χ0n) is 6.69. The lowest BCUT2D eigenvalue weighted by Crippen LogP contribution is -1.89. The Bertz CT molecular complexity index is 400. The Labute approximate surface area is 70.0 Å². The van der Waals surface area contributed by atoms with Gasteiger partial charge in [0.2, 0.25) is 5.88 Å². The molecule has 0 unspecified atom stereocenters. The first-order valence-electron chi connectivity index (χ1n) is 3.66. The van der Waals surface area contributed by atoms with Gasteiger partial charge in [-0.2, -0.15) is 0 Å².